The molecular formula is C14H29N3O. The molecule has 4 heteroatoms. The molecule has 0 saturated carbocycles. The molecular weight excluding hydrogens is 226 g/mol. The van der Waals surface area contributed by atoms with Gasteiger partial charge in [-0.25, -0.2) is 0 Å². The van der Waals surface area contributed by atoms with E-state index in [-0.39, 0.29) is 5.54 Å². The lowest BCUT2D eigenvalue weighted by Crippen LogP contribution is -2.66. The van der Waals surface area contributed by atoms with Crippen molar-refractivity contribution in [2.75, 3.05) is 39.9 Å². The monoisotopic (exact) mass is 255 g/mol. The summed E-state index contributed by atoms with van der Waals surface area (Å²) < 4.78 is 5.47. The third kappa shape index (κ3) is 2.44. The third-order valence-corrected chi connectivity index (χ3v) is 5.00. The van der Waals surface area contributed by atoms with Crippen LogP contribution in [0.25, 0.3) is 0 Å². The van der Waals surface area contributed by atoms with Crippen LogP contribution in [0.4, 0.5) is 0 Å². The molecule has 3 unspecified atom stereocenters. The topological polar surface area (TPSA) is 41.7 Å². The fraction of sp³-hybridized carbons (Fsp3) is 1.00. The fourth-order valence-corrected chi connectivity index (χ4v) is 3.83. The second-order valence-corrected chi connectivity index (χ2v) is 6.01. The second kappa shape index (κ2) is 5.87. The van der Waals surface area contributed by atoms with Crippen LogP contribution >= 0.6 is 0 Å². The van der Waals surface area contributed by atoms with E-state index < -0.39 is 0 Å². The zero-order chi connectivity index (χ0) is 13.2. The summed E-state index contributed by atoms with van der Waals surface area (Å²) in [6.07, 6.45) is 3.77. The van der Waals surface area contributed by atoms with Crippen LogP contribution in [-0.2, 0) is 4.74 Å². The van der Waals surface area contributed by atoms with E-state index in [0.29, 0.717) is 12.6 Å². The van der Waals surface area contributed by atoms with Crippen molar-refractivity contribution in [3.63, 3.8) is 0 Å². The molecule has 106 valence electrons. The predicted octanol–water partition coefficient (Wildman–Crippen LogP) is 0.909. The molecule has 2 rings (SSSR count). The molecule has 0 amide bonds. The molecule has 0 radical (unpaired) electrons. The summed E-state index contributed by atoms with van der Waals surface area (Å²) in [5.41, 5.74) is 6.13. The number of methoxy groups -OCH3 is 1. The first-order chi connectivity index (χ1) is 8.66. The number of nitrogens with zero attached hydrogens (tertiary/aromatic N) is 2. The van der Waals surface area contributed by atoms with Crippen LogP contribution in [-0.4, -0.2) is 67.3 Å². The number of ether oxygens (including phenoxy) is 1. The van der Waals surface area contributed by atoms with Gasteiger partial charge in [-0.05, 0) is 32.7 Å². The largest absolute Gasteiger partial charge is 0.383 e. The van der Waals surface area contributed by atoms with Crippen LogP contribution < -0.4 is 5.73 Å². The van der Waals surface area contributed by atoms with Gasteiger partial charge in [0.15, 0.2) is 0 Å². The maximum atomic E-state index is 6.10. The summed E-state index contributed by atoms with van der Waals surface area (Å²) in [5.74, 6) is 0. The van der Waals surface area contributed by atoms with Gasteiger partial charge in [0.25, 0.3) is 0 Å². The van der Waals surface area contributed by atoms with Crippen molar-refractivity contribution < 1.29 is 4.74 Å². The average Bonchev–Trinajstić information content (AvgIpc) is 2.82. The number of fused-ring (bicyclic) bond motifs is 1. The molecule has 0 aromatic rings. The number of nitrogens with two attached hydrogens (primary N) is 1. The molecule has 0 aliphatic carbocycles. The van der Waals surface area contributed by atoms with E-state index in [1.165, 1.54) is 25.9 Å². The van der Waals surface area contributed by atoms with Crippen molar-refractivity contribution >= 4 is 0 Å². The van der Waals surface area contributed by atoms with Crippen molar-refractivity contribution in [1.29, 1.82) is 0 Å². The molecule has 18 heavy (non-hydrogen) atoms. The van der Waals surface area contributed by atoms with E-state index in [0.717, 1.165) is 25.6 Å². The molecule has 0 aromatic carbocycles. The highest BCUT2D eigenvalue weighted by Crippen LogP contribution is 2.31. The Morgan fingerprint density at radius 2 is 2.17 bits per heavy atom. The maximum Gasteiger partial charge on any atom is 0.0659 e. The normalized spacial score (nSPS) is 33.3. The lowest BCUT2D eigenvalue weighted by Gasteiger charge is -2.52. The van der Waals surface area contributed by atoms with E-state index in [4.69, 9.17) is 10.5 Å². The minimum atomic E-state index is 0.0306. The zero-order valence-corrected chi connectivity index (χ0v) is 12.2. The zero-order valence-electron chi connectivity index (χ0n) is 12.2. The van der Waals surface area contributed by atoms with Gasteiger partial charge in [0, 0.05) is 38.8 Å². The minimum Gasteiger partial charge on any atom is -0.383 e. The third-order valence-electron chi connectivity index (χ3n) is 5.00. The SMILES string of the molecule is CCC(CN)(COC)N1CC2CCCN2CC1C. The summed E-state index contributed by atoms with van der Waals surface area (Å²) in [6, 6.07) is 1.33. The van der Waals surface area contributed by atoms with Crippen molar-refractivity contribution in [1.82, 2.24) is 9.80 Å². The highest BCUT2D eigenvalue weighted by molar-refractivity contribution is 5.00. The van der Waals surface area contributed by atoms with Crippen LogP contribution in [0.2, 0.25) is 0 Å². The van der Waals surface area contributed by atoms with Gasteiger partial charge in [-0.3, -0.25) is 9.80 Å². The Labute approximate surface area is 111 Å². The average molecular weight is 255 g/mol. The Morgan fingerprint density at radius 1 is 1.39 bits per heavy atom. The smallest absolute Gasteiger partial charge is 0.0659 e. The van der Waals surface area contributed by atoms with Gasteiger partial charge >= 0.3 is 0 Å². The lowest BCUT2D eigenvalue weighted by molar-refractivity contribution is -0.0557. The Kier molecular flexibility index (Phi) is 4.64. The predicted molar refractivity (Wildman–Crippen MR) is 74.7 cm³/mol. The quantitative estimate of drug-likeness (QED) is 0.793. The maximum absolute atomic E-state index is 6.10. The first kappa shape index (κ1) is 14.3. The summed E-state index contributed by atoms with van der Waals surface area (Å²) in [7, 11) is 1.79. The first-order valence-electron chi connectivity index (χ1n) is 7.36. The second-order valence-electron chi connectivity index (χ2n) is 6.01. The molecule has 2 aliphatic rings. The lowest BCUT2D eigenvalue weighted by atomic mass is 9.90. The Morgan fingerprint density at radius 3 is 2.78 bits per heavy atom. The summed E-state index contributed by atoms with van der Waals surface area (Å²) in [5, 5.41) is 0. The van der Waals surface area contributed by atoms with Crippen LogP contribution in [0.3, 0.4) is 0 Å². The first-order valence-corrected chi connectivity index (χ1v) is 7.36. The minimum absolute atomic E-state index is 0.0306. The van der Waals surface area contributed by atoms with Crippen LogP contribution in [0.15, 0.2) is 0 Å². The molecule has 2 N–H and O–H groups in total. The van der Waals surface area contributed by atoms with Crippen molar-refractivity contribution in [2.24, 2.45) is 5.73 Å². The van der Waals surface area contributed by atoms with E-state index >= 15 is 0 Å². The summed E-state index contributed by atoms with van der Waals surface area (Å²) in [6.45, 7) is 9.65. The number of piperazine rings is 1. The van der Waals surface area contributed by atoms with Crippen molar-refractivity contribution in [3.05, 3.63) is 0 Å². The van der Waals surface area contributed by atoms with Crippen molar-refractivity contribution in [2.45, 2.75) is 50.7 Å². The number of hydrogen-bond donors (Lipinski definition) is 1. The number of hydrogen-bond acceptors (Lipinski definition) is 4. The van der Waals surface area contributed by atoms with Crippen LogP contribution in [0, 0.1) is 0 Å². The highest BCUT2D eigenvalue weighted by atomic mass is 16.5. The Balaban J connectivity index is 2.13. The van der Waals surface area contributed by atoms with Gasteiger partial charge < -0.3 is 10.5 Å². The van der Waals surface area contributed by atoms with Gasteiger partial charge in [0.2, 0.25) is 0 Å². The molecule has 2 fully saturated rings. The molecule has 2 heterocycles. The summed E-state index contributed by atoms with van der Waals surface area (Å²) in [4.78, 5) is 5.29. The molecule has 4 nitrogen and oxygen atoms in total. The molecule has 2 saturated heterocycles. The number of rotatable bonds is 5. The van der Waals surface area contributed by atoms with E-state index in [1.54, 1.807) is 7.11 Å². The fourth-order valence-electron chi connectivity index (χ4n) is 3.83. The Bertz CT molecular complexity index is 268. The summed E-state index contributed by atoms with van der Waals surface area (Å²) >= 11 is 0. The molecule has 0 spiro atoms. The van der Waals surface area contributed by atoms with Gasteiger partial charge in [0.05, 0.1) is 12.1 Å². The van der Waals surface area contributed by atoms with E-state index in [1.807, 2.05) is 0 Å². The molecule has 2 aliphatic heterocycles. The van der Waals surface area contributed by atoms with Crippen LogP contribution in [0.5, 0.6) is 0 Å². The highest BCUT2D eigenvalue weighted by Gasteiger charge is 2.43. The van der Waals surface area contributed by atoms with Gasteiger partial charge in [0.1, 0.15) is 0 Å². The van der Waals surface area contributed by atoms with Gasteiger partial charge in [-0.1, -0.05) is 6.92 Å². The Hall–Kier alpha value is -0.160. The van der Waals surface area contributed by atoms with Gasteiger partial charge in [-0.2, -0.15) is 0 Å². The van der Waals surface area contributed by atoms with Crippen molar-refractivity contribution in [3.8, 4) is 0 Å². The molecule has 0 aromatic heterocycles. The van der Waals surface area contributed by atoms with E-state index in [9.17, 15) is 0 Å². The molecule has 3 atom stereocenters. The standard InChI is InChI=1S/C14H29N3O/c1-4-14(10-15,11-18-3)17-9-13-6-5-7-16(13)8-12(17)2/h12-13H,4-11,15H2,1-3H3. The molecule has 0 bridgehead atoms. The van der Waals surface area contributed by atoms with Crippen LogP contribution in [0.1, 0.15) is 33.1 Å². The van der Waals surface area contributed by atoms with E-state index in [2.05, 4.69) is 23.6 Å². The van der Waals surface area contributed by atoms with Gasteiger partial charge in [-0.15, -0.1) is 0 Å².